The highest BCUT2D eigenvalue weighted by molar-refractivity contribution is 6.07. The molecule has 0 saturated carbocycles. The van der Waals surface area contributed by atoms with E-state index in [0.29, 0.717) is 16.8 Å². The number of carbonyl (C=O) groups is 2. The molecule has 0 bridgehead atoms. The number of benzene rings is 3. The van der Waals surface area contributed by atoms with Gasteiger partial charge in [0.25, 0.3) is 5.91 Å². The van der Waals surface area contributed by atoms with Gasteiger partial charge < -0.3 is 15.0 Å². The van der Waals surface area contributed by atoms with E-state index in [2.05, 4.69) is 60.2 Å². The van der Waals surface area contributed by atoms with Crippen LogP contribution in [0.3, 0.4) is 0 Å². The summed E-state index contributed by atoms with van der Waals surface area (Å²) < 4.78 is 4.91. The Morgan fingerprint density at radius 2 is 1.50 bits per heavy atom. The lowest BCUT2D eigenvalue weighted by Crippen LogP contribution is -2.46. The number of carbonyl (C=O) groups excluding carboxylic acids is 2. The Labute approximate surface area is 213 Å². The number of esters is 1. The van der Waals surface area contributed by atoms with Gasteiger partial charge in [-0.3, -0.25) is 9.69 Å². The van der Waals surface area contributed by atoms with Crippen LogP contribution in [0.4, 0.5) is 11.4 Å². The van der Waals surface area contributed by atoms with Crippen LogP contribution in [0.15, 0.2) is 72.8 Å². The average molecular weight is 486 g/mol. The highest BCUT2D eigenvalue weighted by Gasteiger charge is 2.22. The molecule has 0 aromatic heterocycles. The molecule has 0 spiro atoms. The van der Waals surface area contributed by atoms with Crippen molar-refractivity contribution >= 4 is 23.3 Å². The van der Waals surface area contributed by atoms with Gasteiger partial charge >= 0.3 is 5.97 Å². The van der Waals surface area contributed by atoms with Crippen LogP contribution in [0.2, 0.25) is 0 Å². The number of rotatable bonds is 6. The maximum absolute atomic E-state index is 13.2. The molecule has 0 atom stereocenters. The van der Waals surface area contributed by atoms with Gasteiger partial charge in [-0.15, -0.1) is 0 Å². The largest absolute Gasteiger partial charge is 0.465 e. The van der Waals surface area contributed by atoms with Crippen LogP contribution < -0.4 is 10.2 Å². The number of nitrogens with one attached hydrogen (secondary N) is 1. The van der Waals surface area contributed by atoms with E-state index >= 15 is 0 Å². The molecule has 36 heavy (non-hydrogen) atoms. The van der Waals surface area contributed by atoms with Crippen LogP contribution in [0.25, 0.3) is 0 Å². The van der Waals surface area contributed by atoms with Crippen molar-refractivity contribution in [1.29, 1.82) is 0 Å². The zero-order valence-corrected chi connectivity index (χ0v) is 21.6. The molecule has 4 rings (SSSR count). The molecular formula is C30H35N3O3. The number of ether oxygens (including phenoxy) is 1. The van der Waals surface area contributed by atoms with Gasteiger partial charge in [-0.2, -0.15) is 0 Å². The summed E-state index contributed by atoms with van der Waals surface area (Å²) in [7, 11) is 1.36. The lowest BCUT2D eigenvalue weighted by atomic mass is 9.87. The van der Waals surface area contributed by atoms with Crippen molar-refractivity contribution in [3.8, 4) is 0 Å². The predicted octanol–water partition coefficient (Wildman–Crippen LogP) is 5.35. The van der Waals surface area contributed by atoms with Gasteiger partial charge in [-0.1, -0.05) is 63.2 Å². The van der Waals surface area contributed by atoms with Gasteiger partial charge in [-0.25, -0.2) is 4.79 Å². The van der Waals surface area contributed by atoms with Crippen LogP contribution in [-0.4, -0.2) is 50.1 Å². The Bertz CT molecular complexity index is 1190. The second kappa shape index (κ2) is 11.0. The highest BCUT2D eigenvalue weighted by Crippen LogP contribution is 2.30. The average Bonchev–Trinajstić information content (AvgIpc) is 2.89. The summed E-state index contributed by atoms with van der Waals surface area (Å²) in [6.07, 6.45) is 0. The van der Waals surface area contributed by atoms with Gasteiger partial charge in [0.05, 0.1) is 24.0 Å². The van der Waals surface area contributed by atoms with Crippen LogP contribution >= 0.6 is 0 Å². The summed E-state index contributed by atoms with van der Waals surface area (Å²) in [4.78, 5) is 30.1. The number of methoxy groups -OCH3 is 1. The van der Waals surface area contributed by atoms with Crippen molar-refractivity contribution in [2.75, 3.05) is 43.5 Å². The molecule has 1 amide bonds. The first-order valence-electron chi connectivity index (χ1n) is 12.4. The zero-order valence-electron chi connectivity index (χ0n) is 21.6. The van der Waals surface area contributed by atoms with Crippen molar-refractivity contribution in [2.24, 2.45) is 0 Å². The third-order valence-corrected chi connectivity index (χ3v) is 6.64. The number of hydrogen-bond acceptors (Lipinski definition) is 5. The number of amides is 1. The van der Waals surface area contributed by atoms with Crippen molar-refractivity contribution < 1.29 is 14.3 Å². The Balaban J connectivity index is 1.51. The van der Waals surface area contributed by atoms with Gasteiger partial charge in [0.1, 0.15) is 0 Å². The van der Waals surface area contributed by atoms with E-state index < -0.39 is 5.97 Å². The fourth-order valence-electron chi connectivity index (χ4n) is 4.46. The van der Waals surface area contributed by atoms with E-state index in [1.165, 1.54) is 18.2 Å². The van der Waals surface area contributed by atoms with E-state index in [9.17, 15) is 9.59 Å². The topological polar surface area (TPSA) is 61.9 Å². The second-order valence-electron chi connectivity index (χ2n) is 10.3. The molecule has 0 unspecified atom stereocenters. The minimum Gasteiger partial charge on any atom is -0.465 e. The van der Waals surface area contributed by atoms with Gasteiger partial charge in [-0.05, 0) is 46.9 Å². The van der Waals surface area contributed by atoms with E-state index in [0.717, 1.165) is 38.4 Å². The molecule has 1 fully saturated rings. The van der Waals surface area contributed by atoms with Crippen molar-refractivity contribution in [3.05, 3.63) is 95.1 Å². The fourth-order valence-corrected chi connectivity index (χ4v) is 4.46. The lowest BCUT2D eigenvalue weighted by molar-refractivity contribution is 0.0600. The zero-order chi connectivity index (χ0) is 25.7. The monoisotopic (exact) mass is 485 g/mol. The molecule has 0 radical (unpaired) electrons. The Hall–Kier alpha value is -3.64. The summed E-state index contributed by atoms with van der Waals surface area (Å²) >= 11 is 0. The van der Waals surface area contributed by atoms with Gasteiger partial charge in [0.15, 0.2) is 0 Å². The lowest BCUT2D eigenvalue weighted by Gasteiger charge is -2.37. The first-order chi connectivity index (χ1) is 17.2. The Morgan fingerprint density at radius 3 is 2.11 bits per heavy atom. The highest BCUT2D eigenvalue weighted by atomic mass is 16.5. The predicted molar refractivity (Wildman–Crippen MR) is 145 cm³/mol. The van der Waals surface area contributed by atoms with Crippen LogP contribution in [0, 0.1) is 0 Å². The molecular weight excluding hydrogens is 450 g/mol. The van der Waals surface area contributed by atoms with E-state index in [-0.39, 0.29) is 11.3 Å². The molecule has 3 aromatic rings. The van der Waals surface area contributed by atoms with Crippen molar-refractivity contribution in [3.63, 3.8) is 0 Å². The maximum Gasteiger partial charge on any atom is 0.337 e. The van der Waals surface area contributed by atoms with Gasteiger partial charge in [0.2, 0.25) is 0 Å². The molecule has 1 heterocycles. The second-order valence-corrected chi connectivity index (χ2v) is 10.3. The third-order valence-electron chi connectivity index (χ3n) is 6.64. The maximum atomic E-state index is 13.2. The molecule has 0 aliphatic carbocycles. The molecule has 1 aliphatic rings. The summed E-state index contributed by atoms with van der Waals surface area (Å²) in [5, 5.41) is 3.05. The summed E-state index contributed by atoms with van der Waals surface area (Å²) in [6.45, 7) is 10.8. The molecule has 1 N–H and O–H groups in total. The standard InChI is InChI=1S/C30H35N3O3/c1-30(2,3)25-13-10-23(11-14-25)28(34)31-26-20-24(29(35)36-4)12-15-27(26)33-18-16-32(17-19-33)21-22-8-6-5-7-9-22/h5-15,20H,16-19,21H2,1-4H3,(H,31,34). The summed E-state index contributed by atoms with van der Waals surface area (Å²) in [6, 6.07) is 23.5. The van der Waals surface area contributed by atoms with Crippen molar-refractivity contribution in [2.45, 2.75) is 32.7 Å². The van der Waals surface area contributed by atoms with Crippen LogP contribution in [-0.2, 0) is 16.7 Å². The minimum absolute atomic E-state index is 0.0136. The number of anilines is 2. The van der Waals surface area contributed by atoms with Crippen molar-refractivity contribution in [1.82, 2.24) is 4.90 Å². The number of piperazine rings is 1. The Kier molecular flexibility index (Phi) is 7.75. The van der Waals surface area contributed by atoms with Gasteiger partial charge in [0, 0.05) is 38.3 Å². The Morgan fingerprint density at radius 1 is 0.861 bits per heavy atom. The first kappa shape index (κ1) is 25.5. The first-order valence-corrected chi connectivity index (χ1v) is 12.4. The third kappa shape index (κ3) is 6.13. The number of nitrogens with zero attached hydrogens (tertiary/aromatic N) is 2. The molecule has 1 saturated heterocycles. The SMILES string of the molecule is COC(=O)c1ccc(N2CCN(Cc3ccccc3)CC2)c(NC(=O)c2ccc(C(C)(C)C)cc2)c1. The summed E-state index contributed by atoms with van der Waals surface area (Å²) in [5.41, 5.74) is 4.98. The smallest absolute Gasteiger partial charge is 0.337 e. The molecule has 188 valence electrons. The number of hydrogen-bond donors (Lipinski definition) is 1. The molecule has 1 aliphatic heterocycles. The van der Waals surface area contributed by atoms with Crippen LogP contribution in [0.5, 0.6) is 0 Å². The van der Waals surface area contributed by atoms with Crippen LogP contribution in [0.1, 0.15) is 52.6 Å². The normalized spacial score (nSPS) is 14.4. The minimum atomic E-state index is -0.431. The molecule has 3 aromatic carbocycles. The summed E-state index contributed by atoms with van der Waals surface area (Å²) in [5.74, 6) is -0.638. The van der Waals surface area contributed by atoms with E-state index in [4.69, 9.17) is 4.74 Å². The van der Waals surface area contributed by atoms with E-state index in [1.54, 1.807) is 12.1 Å². The molecule has 6 heteroatoms. The van der Waals surface area contributed by atoms with E-state index in [1.807, 2.05) is 36.4 Å². The molecule has 6 nitrogen and oxygen atoms in total. The quantitative estimate of drug-likeness (QED) is 0.477. The fraction of sp³-hybridized carbons (Fsp3) is 0.333.